The molecule has 2 rings (SSSR count). The van der Waals surface area contributed by atoms with E-state index in [-0.39, 0.29) is 41.0 Å². The molecule has 1 aromatic carbocycles. The highest BCUT2D eigenvalue weighted by atomic mass is 127. The van der Waals surface area contributed by atoms with Crippen LogP contribution in [-0.2, 0) is 17.1 Å². The van der Waals surface area contributed by atoms with E-state index in [9.17, 15) is 17.6 Å². The minimum Gasteiger partial charge on any atom is -0.494 e. The molecule has 11 heteroatoms. The minimum atomic E-state index is -3.76. The highest BCUT2D eigenvalue weighted by molar-refractivity contribution is 14.1. The van der Waals surface area contributed by atoms with Crippen LogP contribution in [0.4, 0.5) is 21.6 Å². The maximum absolute atomic E-state index is 14.2. The first-order chi connectivity index (χ1) is 12.7. The van der Waals surface area contributed by atoms with E-state index in [1.54, 1.807) is 6.07 Å². The van der Waals surface area contributed by atoms with Crippen molar-refractivity contribution in [2.75, 3.05) is 28.8 Å². The Hall–Kier alpha value is -1.53. The molecule has 7 nitrogen and oxygen atoms in total. The summed E-state index contributed by atoms with van der Waals surface area (Å²) in [6.07, 6.45) is 0.249. The fourth-order valence-electron chi connectivity index (χ4n) is 2.25. The molecule has 0 unspecified atom stereocenters. The molecule has 0 aliphatic rings. The number of rotatable bonds is 8. The van der Waals surface area contributed by atoms with Crippen LogP contribution in [0, 0.1) is 9.39 Å². The number of nitrogens with one attached hydrogen (secondary N) is 2. The molecule has 27 heavy (non-hydrogen) atoms. The third kappa shape index (κ3) is 5.48. The lowest BCUT2D eigenvalue weighted by Crippen LogP contribution is -2.24. The molecule has 0 aliphatic carbocycles. The van der Waals surface area contributed by atoms with E-state index in [1.807, 2.05) is 22.6 Å². The fraction of sp³-hybridized carbons (Fsp3) is 0.312. The van der Waals surface area contributed by atoms with Gasteiger partial charge in [-0.15, -0.1) is 11.6 Å². The van der Waals surface area contributed by atoms with Crippen LogP contribution in [0.15, 0.2) is 29.1 Å². The summed E-state index contributed by atoms with van der Waals surface area (Å²) in [4.78, 5) is 12.2. The molecule has 0 bridgehead atoms. The molecule has 2 N–H and O–H groups in total. The predicted octanol–water partition coefficient (Wildman–Crippen LogP) is 3.25. The molecule has 2 aromatic rings. The van der Waals surface area contributed by atoms with Crippen LogP contribution in [0.5, 0.6) is 5.75 Å². The lowest BCUT2D eigenvalue weighted by molar-refractivity contribution is 0.415. The number of anilines is 3. The van der Waals surface area contributed by atoms with Gasteiger partial charge in [0.1, 0.15) is 17.3 Å². The molecule has 1 aromatic heterocycles. The topological polar surface area (TPSA) is 89.4 Å². The number of benzene rings is 1. The van der Waals surface area contributed by atoms with E-state index in [4.69, 9.17) is 16.3 Å². The van der Waals surface area contributed by atoms with Gasteiger partial charge in [-0.1, -0.05) is 0 Å². The third-order valence-corrected chi connectivity index (χ3v) is 5.89. The Kier molecular flexibility index (Phi) is 7.34. The van der Waals surface area contributed by atoms with Crippen molar-refractivity contribution in [3.05, 3.63) is 44.0 Å². The summed E-state index contributed by atoms with van der Waals surface area (Å²) in [5.74, 6) is -0.507. The van der Waals surface area contributed by atoms with Gasteiger partial charge in [-0.3, -0.25) is 14.1 Å². The molecule has 0 saturated heterocycles. The van der Waals surface area contributed by atoms with Crippen LogP contribution >= 0.6 is 34.2 Å². The van der Waals surface area contributed by atoms with Crippen LogP contribution in [0.1, 0.15) is 6.42 Å². The first-order valence-electron chi connectivity index (χ1n) is 7.75. The zero-order valence-corrected chi connectivity index (χ0v) is 18.3. The molecule has 148 valence electrons. The second-order valence-corrected chi connectivity index (χ2v) is 9.01. The van der Waals surface area contributed by atoms with Crippen molar-refractivity contribution in [2.45, 2.75) is 6.42 Å². The molecular weight excluding hydrogens is 512 g/mol. The van der Waals surface area contributed by atoms with Gasteiger partial charge in [0.15, 0.2) is 5.75 Å². The molecule has 0 amide bonds. The van der Waals surface area contributed by atoms with Gasteiger partial charge >= 0.3 is 0 Å². The summed E-state index contributed by atoms with van der Waals surface area (Å²) in [7, 11) is -1.01. The number of nitrogens with zero attached hydrogens (tertiary/aromatic N) is 1. The molecule has 1 heterocycles. The van der Waals surface area contributed by atoms with Crippen LogP contribution in [0.3, 0.4) is 0 Å². The van der Waals surface area contributed by atoms with Gasteiger partial charge in [0.05, 0.1) is 18.6 Å². The lowest BCUT2D eigenvalue weighted by atomic mass is 10.3. The van der Waals surface area contributed by atoms with Crippen molar-refractivity contribution in [1.82, 2.24) is 4.57 Å². The van der Waals surface area contributed by atoms with E-state index in [0.29, 0.717) is 3.57 Å². The second kappa shape index (κ2) is 9.11. The molecule has 0 radical (unpaired) electrons. The number of aromatic nitrogens is 1. The molecule has 0 fully saturated rings. The first-order valence-corrected chi connectivity index (χ1v) is 11.0. The second-order valence-electron chi connectivity index (χ2n) is 5.55. The zero-order chi connectivity index (χ0) is 20.2. The maximum atomic E-state index is 14.2. The monoisotopic (exact) mass is 529 g/mol. The van der Waals surface area contributed by atoms with Crippen LogP contribution in [0.25, 0.3) is 0 Å². The van der Waals surface area contributed by atoms with Crippen LogP contribution in [0.2, 0.25) is 0 Å². The van der Waals surface area contributed by atoms with Crippen molar-refractivity contribution in [3.63, 3.8) is 0 Å². The third-order valence-electron chi connectivity index (χ3n) is 3.61. The average Bonchev–Trinajstić information content (AvgIpc) is 2.61. The van der Waals surface area contributed by atoms with Crippen molar-refractivity contribution in [3.8, 4) is 5.75 Å². The summed E-state index contributed by atoms with van der Waals surface area (Å²) >= 11 is 7.54. The van der Waals surface area contributed by atoms with Gasteiger partial charge in [0, 0.05) is 22.6 Å². The van der Waals surface area contributed by atoms with Gasteiger partial charge in [0.25, 0.3) is 5.56 Å². The van der Waals surface area contributed by atoms with Crippen molar-refractivity contribution >= 4 is 61.4 Å². The van der Waals surface area contributed by atoms with Crippen molar-refractivity contribution in [1.29, 1.82) is 0 Å². The Morgan fingerprint density at radius 3 is 2.63 bits per heavy atom. The molecule has 0 spiro atoms. The van der Waals surface area contributed by atoms with Gasteiger partial charge < -0.3 is 10.1 Å². The summed E-state index contributed by atoms with van der Waals surface area (Å²) in [6.45, 7) is 0. The van der Waals surface area contributed by atoms with Crippen LogP contribution < -0.4 is 20.3 Å². The highest BCUT2D eigenvalue weighted by Crippen LogP contribution is 2.34. The van der Waals surface area contributed by atoms with Crippen molar-refractivity contribution in [2.24, 2.45) is 7.05 Å². The Bertz CT molecular complexity index is 998. The normalized spacial score (nSPS) is 11.3. The van der Waals surface area contributed by atoms with Gasteiger partial charge in [0.2, 0.25) is 10.0 Å². The largest absolute Gasteiger partial charge is 0.494 e. The highest BCUT2D eigenvalue weighted by Gasteiger charge is 2.21. The van der Waals surface area contributed by atoms with E-state index < -0.39 is 21.4 Å². The number of alkyl halides is 1. The Balaban J connectivity index is 2.57. The van der Waals surface area contributed by atoms with Gasteiger partial charge in [-0.2, -0.15) is 0 Å². The number of sulfonamides is 1. The molecular formula is C16H18ClFIN3O4S. The van der Waals surface area contributed by atoms with E-state index in [2.05, 4.69) is 10.0 Å². The molecule has 0 aliphatic heterocycles. The minimum absolute atomic E-state index is 0.00659. The predicted molar refractivity (Wildman–Crippen MR) is 113 cm³/mol. The number of pyridine rings is 1. The standard InChI is InChI=1S/C16H18ClFIN3O4S/c1-22-14(23)9-13(26-2)15(21-27(24,25)7-3-6-17)16(22)20-12-5-4-10(19)8-11(12)18/h4-5,8-9,20-21H,3,6-7H2,1-2H3. The van der Waals surface area contributed by atoms with E-state index in [0.717, 1.165) is 6.07 Å². The van der Waals surface area contributed by atoms with Crippen molar-refractivity contribution < 1.29 is 17.5 Å². The van der Waals surface area contributed by atoms with Gasteiger partial charge in [-0.05, 0) is 47.2 Å². The first kappa shape index (κ1) is 21.8. The average molecular weight is 530 g/mol. The molecule has 0 saturated carbocycles. The summed E-state index contributed by atoms with van der Waals surface area (Å²) in [5.41, 5.74) is -0.365. The number of hydrogen-bond acceptors (Lipinski definition) is 5. The summed E-state index contributed by atoms with van der Waals surface area (Å²) in [5, 5.41) is 2.78. The maximum Gasteiger partial charge on any atom is 0.255 e. The Morgan fingerprint density at radius 1 is 1.33 bits per heavy atom. The van der Waals surface area contributed by atoms with Crippen LogP contribution in [-0.4, -0.2) is 31.7 Å². The fourth-order valence-corrected chi connectivity index (χ4v) is 4.13. The zero-order valence-electron chi connectivity index (χ0n) is 14.6. The SMILES string of the molecule is COc1cc(=O)n(C)c(Nc2ccc(I)cc2F)c1NS(=O)(=O)CCCCl. The smallest absolute Gasteiger partial charge is 0.255 e. The lowest BCUT2D eigenvalue weighted by Gasteiger charge is -2.20. The number of methoxy groups -OCH3 is 1. The Morgan fingerprint density at radius 2 is 2.04 bits per heavy atom. The summed E-state index contributed by atoms with van der Waals surface area (Å²) in [6, 6.07) is 5.63. The summed E-state index contributed by atoms with van der Waals surface area (Å²) < 4.78 is 48.3. The van der Waals surface area contributed by atoms with E-state index >= 15 is 0 Å². The number of ether oxygens (including phenoxy) is 1. The number of hydrogen-bond donors (Lipinski definition) is 2. The van der Waals surface area contributed by atoms with E-state index in [1.165, 1.54) is 30.9 Å². The Labute approximate surface area is 175 Å². The molecule has 0 atom stereocenters. The quantitative estimate of drug-likeness (QED) is 0.405. The number of halogens is 3. The van der Waals surface area contributed by atoms with Gasteiger partial charge in [-0.25, -0.2) is 12.8 Å².